The van der Waals surface area contributed by atoms with Crippen LogP contribution in [0, 0.1) is 0 Å². The first-order valence-electron chi connectivity index (χ1n) is 7.31. The second-order valence-corrected chi connectivity index (χ2v) is 6.78. The minimum atomic E-state index is -0.295. The number of hydrogen-bond donors (Lipinski definition) is 3. The fraction of sp³-hybridized carbons (Fsp3) is 0.467. The lowest BCUT2D eigenvalue weighted by molar-refractivity contribution is -0.137. The van der Waals surface area contributed by atoms with Gasteiger partial charge in [-0.1, -0.05) is 28.1 Å². The molecule has 0 bridgehead atoms. The Morgan fingerprint density at radius 1 is 1.41 bits per heavy atom. The molecular weight excluding hydrogens is 366 g/mol. The van der Waals surface area contributed by atoms with E-state index in [9.17, 15) is 9.59 Å². The summed E-state index contributed by atoms with van der Waals surface area (Å²) in [4.78, 5) is 25.5. The average Bonchev–Trinajstić information content (AvgIpc) is 2.83. The number of alkyl halides is 1. The Hall–Kier alpha value is -1.05. The number of anilines is 1. The SMILES string of the molecule is O=C1CCC(N2Cc3c(NCCBr)cccc3C2S)C(=O)N1. The Balaban J connectivity index is 1.83. The molecule has 5 nitrogen and oxygen atoms in total. The Morgan fingerprint density at radius 2 is 2.23 bits per heavy atom. The van der Waals surface area contributed by atoms with Crippen LogP contribution in [-0.4, -0.2) is 34.6 Å². The van der Waals surface area contributed by atoms with Gasteiger partial charge in [0.1, 0.15) is 0 Å². The van der Waals surface area contributed by atoms with Gasteiger partial charge in [-0.15, -0.1) is 0 Å². The number of fused-ring (bicyclic) bond motifs is 1. The summed E-state index contributed by atoms with van der Waals surface area (Å²) in [6.07, 6.45) is 0.943. The molecule has 3 rings (SSSR count). The normalized spacial score (nSPS) is 25.0. The summed E-state index contributed by atoms with van der Waals surface area (Å²) in [6.45, 7) is 1.51. The summed E-state index contributed by atoms with van der Waals surface area (Å²) in [6, 6.07) is 5.82. The van der Waals surface area contributed by atoms with Crippen molar-refractivity contribution in [2.75, 3.05) is 17.2 Å². The second-order valence-electron chi connectivity index (χ2n) is 5.50. The van der Waals surface area contributed by atoms with Gasteiger partial charge in [-0.25, -0.2) is 0 Å². The highest BCUT2D eigenvalue weighted by molar-refractivity contribution is 9.09. The molecule has 0 spiro atoms. The number of benzene rings is 1. The highest BCUT2D eigenvalue weighted by Crippen LogP contribution is 2.41. The van der Waals surface area contributed by atoms with Gasteiger partial charge in [-0.05, 0) is 23.6 Å². The Bertz CT molecular complexity index is 610. The second kappa shape index (κ2) is 6.60. The van der Waals surface area contributed by atoms with E-state index in [1.165, 1.54) is 5.56 Å². The standard InChI is InChI=1S/C15H18BrN3O2S/c16-6-7-17-11-3-1-2-9-10(11)8-19(15(9)22)12-4-5-13(20)18-14(12)21/h1-3,12,15,17,22H,4-8H2,(H,18,20,21). The van der Waals surface area contributed by atoms with Crippen molar-refractivity contribution in [1.29, 1.82) is 0 Å². The van der Waals surface area contributed by atoms with Crippen molar-refractivity contribution in [3.63, 3.8) is 0 Å². The number of thiol groups is 1. The first kappa shape index (κ1) is 15.8. The van der Waals surface area contributed by atoms with Crippen molar-refractivity contribution < 1.29 is 9.59 Å². The monoisotopic (exact) mass is 383 g/mol. The number of carbonyl (C=O) groups excluding carboxylic acids is 2. The van der Waals surface area contributed by atoms with Gasteiger partial charge in [0, 0.05) is 30.5 Å². The first-order chi connectivity index (χ1) is 10.6. The lowest BCUT2D eigenvalue weighted by Gasteiger charge is -2.32. The maximum atomic E-state index is 12.1. The summed E-state index contributed by atoms with van der Waals surface area (Å²) in [5.41, 5.74) is 3.41. The molecule has 2 unspecified atom stereocenters. The number of amides is 2. The first-order valence-corrected chi connectivity index (χ1v) is 8.94. The number of imide groups is 1. The van der Waals surface area contributed by atoms with E-state index in [1.54, 1.807) is 0 Å². The third-order valence-corrected chi connectivity index (χ3v) is 5.14. The van der Waals surface area contributed by atoms with Crippen molar-refractivity contribution in [2.24, 2.45) is 0 Å². The summed E-state index contributed by atoms with van der Waals surface area (Å²) < 4.78 is 0. The van der Waals surface area contributed by atoms with Crippen molar-refractivity contribution in [2.45, 2.75) is 30.8 Å². The lowest BCUT2D eigenvalue weighted by atomic mass is 10.0. The fourth-order valence-electron chi connectivity index (χ4n) is 3.10. The van der Waals surface area contributed by atoms with Crippen LogP contribution >= 0.6 is 28.6 Å². The number of nitrogens with one attached hydrogen (secondary N) is 2. The summed E-state index contributed by atoms with van der Waals surface area (Å²) in [5, 5.41) is 6.57. The minimum absolute atomic E-state index is 0.121. The van der Waals surface area contributed by atoms with Crippen LogP contribution in [0.15, 0.2) is 18.2 Å². The van der Waals surface area contributed by atoms with Crippen LogP contribution in [0.1, 0.15) is 29.3 Å². The minimum Gasteiger partial charge on any atom is -0.384 e. The van der Waals surface area contributed by atoms with Crippen LogP contribution < -0.4 is 10.6 Å². The number of hydrogen-bond acceptors (Lipinski definition) is 5. The molecule has 1 aromatic rings. The number of nitrogens with zero attached hydrogens (tertiary/aromatic N) is 1. The molecule has 1 saturated heterocycles. The molecule has 2 amide bonds. The molecule has 2 N–H and O–H groups in total. The molecular formula is C15H18BrN3O2S. The molecule has 0 radical (unpaired) electrons. The van der Waals surface area contributed by atoms with Gasteiger partial charge < -0.3 is 5.32 Å². The molecule has 7 heteroatoms. The number of carbonyl (C=O) groups is 2. The predicted molar refractivity (Wildman–Crippen MR) is 92.2 cm³/mol. The topological polar surface area (TPSA) is 61.4 Å². The quantitative estimate of drug-likeness (QED) is 0.423. The summed E-state index contributed by atoms with van der Waals surface area (Å²) in [7, 11) is 0. The zero-order valence-corrected chi connectivity index (χ0v) is 14.5. The highest BCUT2D eigenvalue weighted by Gasteiger charge is 2.39. The van der Waals surface area contributed by atoms with Gasteiger partial charge in [0.2, 0.25) is 11.8 Å². The molecule has 1 aromatic carbocycles. The fourth-order valence-corrected chi connectivity index (χ4v) is 3.78. The lowest BCUT2D eigenvalue weighted by Crippen LogP contribution is -2.51. The molecule has 0 saturated carbocycles. The molecule has 2 aliphatic rings. The van der Waals surface area contributed by atoms with E-state index in [0.717, 1.165) is 23.1 Å². The van der Waals surface area contributed by atoms with Gasteiger partial charge >= 0.3 is 0 Å². The van der Waals surface area contributed by atoms with Gasteiger partial charge in [0.25, 0.3) is 0 Å². The van der Waals surface area contributed by atoms with Gasteiger partial charge in [0.05, 0.1) is 11.4 Å². The highest BCUT2D eigenvalue weighted by atomic mass is 79.9. The molecule has 22 heavy (non-hydrogen) atoms. The average molecular weight is 384 g/mol. The number of rotatable bonds is 4. The van der Waals surface area contributed by atoms with E-state index in [-0.39, 0.29) is 23.2 Å². The molecule has 0 aliphatic carbocycles. The molecule has 2 atom stereocenters. The molecule has 0 aromatic heterocycles. The van der Waals surface area contributed by atoms with E-state index in [1.807, 2.05) is 6.07 Å². The summed E-state index contributed by atoms with van der Waals surface area (Å²) in [5.74, 6) is -0.397. The van der Waals surface area contributed by atoms with Gasteiger partial charge in [-0.2, -0.15) is 12.6 Å². The Kier molecular flexibility index (Phi) is 4.75. The van der Waals surface area contributed by atoms with E-state index in [4.69, 9.17) is 12.6 Å². The zero-order valence-electron chi connectivity index (χ0n) is 12.0. The van der Waals surface area contributed by atoms with E-state index >= 15 is 0 Å². The van der Waals surface area contributed by atoms with Crippen LogP contribution in [0.25, 0.3) is 0 Å². The largest absolute Gasteiger partial charge is 0.384 e. The van der Waals surface area contributed by atoms with Crippen molar-refractivity contribution in [1.82, 2.24) is 10.2 Å². The third kappa shape index (κ3) is 2.89. The maximum Gasteiger partial charge on any atom is 0.243 e. The number of halogens is 1. The molecule has 118 valence electrons. The Morgan fingerprint density at radius 3 is 2.95 bits per heavy atom. The van der Waals surface area contributed by atoms with Crippen molar-refractivity contribution >= 4 is 46.1 Å². The van der Waals surface area contributed by atoms with E-state index < -0.39 is 0 Å². The van der Waals surface area contributed by atoms with Crippen LogP contribution in [-0.2, 0) is 16.1 Å². The molecule has 2 aliphatic heterocycles. The number of piperidine rings is 1. The molecule has 2 heterocycles. The van der Waals surface area contributed by atoms with E-state index in [0.29, 0.717) is 19.4 Å². The Labute approximate surface area is 143 Å². The van der Waals surface area contributed by atoms with Crippen LogP contribution in [0.2, 0.25) is 0 Å². The van der Waals surface area contributed by atoms with Crippen LogP contribution in [0.4, 0.5) is 5.69 Å². The predicted octanol–water partition coefficient (Wildman–Crippen LogP) is 2.04. The van der Waals surface area contributed by atoms with Crippen LogP contribution in [0.5, 0.6) is 0 Å². The molecule has 1 fully saturated rings. The zero-order chi connectivity index (χ0) is 15.7. The van der Waals surface area contributed by atoms with Crippen molar-refractivity contribution in [3.05, 3.63) is 29.3 Å². The summed E-state index contributed by atoms with van der Waals surface area (Å²) >= 11 is 8.12. The van der Waals surface area contributed by atoms with Gasteiger partial charge in [0.15, 0.2) is 0 Å². The van der Waals surface area contributed by atoms with Crippen LogP contribution in [0.3, 0.4) is 0 Å². The van der Waals surface area contributed by atoms with Crippen molar-refractivity contribution in [3.8, 4) is 0 Å². The smallest absolute Gasteiger partial charge is 0.243 e. The third-order valence-electron chi connectivity index (χ3n) is 4.17. The van der Waals surface area contributed by atoms with Gasteiger partial charge in [-0.3, -0.25) is 19.8 Å². The van der Waals surface area contributed by atoms with E-state index in [2.05, 4.69) is 43.6 Å². The maximum absolute atomic E-state index is 12.1.